The highest BCUT2D eigenvalue weighted by Crippen LogP contribution is 2.34. The Morgan fingerprint density at radius 2 is 2.04 bits per heavy atom. The van der Waals surface area contributed by atoms with Gasteiger partial charge in [0.25, 0.3) is 5.91 Å². The van der Waals surface area contributed by atoms with E-state index in [-0.39, 0.29) is 12.1 Å². The average Bonchev–Trinajstić information content (AvgIpc) is 3.01. The van der Waals surface area contributed by atoms with Gasteiger partial charge in [-0.25, -0.2) is 0 Å². The number of ether oxygens (including phenoxy) is 1. The van der Waals surface area contributed by atoms with Crippen molar-refractivity contribution in [1.82, 2.24) is 5.32 Å². The second-order valence-electron chi connectivity index (χ2n) is 5.51. The van der Waals surface area contributed by atoms with Crippen LogP contribution >= 0.6 is 22.9 Å². The minimum atomic E-state index is -0.281. The topological polar surface area (TPSA) is 53.6 Å². The Morgan fingerprint density at radius 3 is 2.78 bits per heavy atom. The summed E-state index contributed by atoms with van der Waals surface area (Å²) in [5.74, 6) is -0.0803. The fraction of sp³-hybridized carbons (Fsp3) is 0.312. The largest absolute Gasteiger partial charge is 0.378 e. The van der Waals surface area contributed by atoms with Crippen molar-refractivity contribution >= 4 is 40.2 Å². The lowest BCUT2D eigenvalue weighted by Gasteiger charge is -2.31. The van der Waals surface area contributed by atoms with Crippen molar-refractivity contribution in [3.8, 4) is 0 Å². The molecule has 3 heterocycles. The van der Waals surface area contributed by atoms with Crippen LogP contribution in [-0.4, -0.2) is 32.2 Å². The second kappa shape index (κ2) is 6.03. The number of amides is 1. The Balaban J connectivity index is 1.62. The van der Waals surface area contributed by atoms with Gasteiger partial charge in [0.15, 0.2) is 0 Å². The number of carbonyl (C=O) groups is 1. The van der Waals surface area contributed by atoms with Gasteiger partial charge in [0.1, 0.15) is 6.17 Å². The molecule has 0 unspecified atom stereocenters. The summed E-state index contributed by atoms with van der Waals surface area (Å²) in [6.45, 7) is 3.14. The fourth-order valence-corrected chi connectivity index (χ4v) is 4.07. The molecule has 0 aliphatic carbocycles. The van der Waals surface area contributed by atoms with E-state index in [2.05, 4.69) is 15.5 Å². The maximum absolute atomic E-state index is 12.5. The summed E-state index contributed by atoms with van der Waals surface area (Å²) in [6.07, 6.45) is -0.281. The number of nitrogens with zero attached hydrogens (tertiary/aromatic N) is 1. The van der Waals surface area contributed by atoms with E-state index in [0.29, 0.717) is 10.6 Å². The minimum Gasteiger partial charge on any atom is -0.378 e. The number of halogens is 1. The molecule has 2 N–H and O–H groups in total. The Bertz CT molecular complexity index is 743. The number of anilines is 2. The van der Waals surface area contributed by atoms with Gasteiger partial charge in [-0.1, -0.05) is 11.6 Å². The number of hydrogen-bond acceptors (Lipinski definition) is 5. The first-order valence-electron chi connectivity index (χ1n) is 7.49. The molecule has 2 aromatic rings. The minimum absolute atomic E-state index is 0.0803. The van der Waals surface area contributed by atoms with Gasteiger partial charge < -0.3 is 20.3 Å². The maximum Gasteiger partial charge on any atom is 0.255 e. The van der Waals surface area contributed by atoms with E-state index < -0.39 is 0 Å². The van der Waals surface area contributed by atoms with Gasteiger partial charge >= 0.3 is 0 Å². The van der Waals surface area contributed by atoms with E-state index in [4.69, 9.17) is 16.3 Å². The molecule has 1 saturated heterocycles. The van der Waals surface area contributed by atoms with Crippen LogP contribution in [0.1, 0.15) is 21.4 Å². The van der Waals surface area contributed by atoms with Crippen LogP contribution in [0.5, 0.6) is 0 Å². The first kappa shape index (κ1) is 14.8. The highest BCUT2D eigenvalue weighted by Gasteiger charge is 2.27. The summed E-state index contributed by atoms with van der Waals surface area (Å²) in [5, 5.41) is 8.92. The van der Waals surface area contributed by atoms with Crippen molar-refractivity contribution in [3.63, 3.8) is 0 Å². The molecule has 2 aliphatic rings. The fourth-order valence-electron chi connectivity index (χ4n) is 2.91. The van der Waals surface area contributed by atoms with Crippen LogP contribution in [0.2, 0.25) is 5.02 Å². The van der Waals surface area contributed by atoms with E-state index in [1.165, 1.54) is 11.3 Å². The van der Waals surface area contributed by atoms with Crippen molar-refractivity contribution in [2.75, 3.05) is 36.5 Å². The lowest BCUT2D eigenvalue weighted by molar-refractivity contribution is 0.0936. The van der Waals surface area contributed by atoms with Gasteiger partial charge in [-0.3, -0.25) is 4.79 Å². The molecule has 1 aromatic heterocycles. The molecule has 1 atom stereocenters. The molecule has 120 valence electrons. The lowest BCUT2D eigenvalue weighted by atomic mass is 10.1. The van der Waals surface area contributed by atoms with Gasteiger partial charge in [0.2, 0.25) is 0 Å². The zero-order chi connectivity index (χ0) is 15.8. The summed E-state index contributed by atoms with van der Waals surface area (Å²) in [4.78, 5) is 15.7. The molecule has 1 fully saturated rings. The number of fused-ring (bicyclic) bond motifs is 1. The van der Waals surface area contributed by atoms with Crippen LogP contribution in [0.15, 0.2) is 29.6 Å². The van der Waals surface area contributed by atoms with Gasteiger partial charge in [-0.15, -0.1) is 11.3 Å². The van der Waals surface area contributed by atoms with E-state index in [9.17, 15) is 4.79 Å². The molecular formula is C16H16ClN3O2S. The van der Waals surface area contributed by atoms with Crippen molar-refractivity contribution in [1.29, 1.82) is 0 Å². The summed E-state index contributed by atoms with van der Waals surface area (Å²) in [5.41, 5.74) is 2.55. The molecule has 0 spiro atoms. The van der Waals surface area contributed by atoms with Crippen molar-refractivity contribution < 1.29 is 9.53 Å². The number of benzene rings is 1. The third-order valence-electron chi connectivity index (χ3n) is 4.11. The smallest absolute Gasteiger partial charge is 0.255 e. The van der Waals surface area contributed by atoms with E-state index in [1.807, 2.05) is 29.6 Å². The van der Waals surface area contributed by atoms with Crippen LogP contribution in [0.25, 0.3) is 0 Å². The standard InChI is InChI=1S/C16H16ClN3O2S/c17-12-3-8-23-14(12)15-18-13-2-1-10(9-11(13)16(21)19-15)20-4-6-22-7-5-20/h1-3,8-9,15,18H,4-7H2,(H,19,21)/t15-/m0/s1. The molecule has 0 saturated carbocycles. The zero-order valence-electron chi connectivity index (χ0n) is 12.3. The molecular weight excluding hydrogens is 334 g/mol. The number of nitrogens with one attached hydrogen (secondary N) is 2. The molecule has 1 amide bonds. The number of carbonyl (C=O) groups excluding carboxylic acids is 1. The Morgan fingerprint density at radius 1 is 1.22 bits per heavy atom. The normalized spacial score (nSPS) is 20.7. The van der Waals surface area contributed by atoms with Crippen LogP contribution in [0.3, 0.4) is 0 Å². The van der Waals surface area contributed by atoms with Gasteiger partial charge in [0.05, 0.1) is 28.7 Å². The SMILES string of the molecule is O=C1N[C@@H](c2sccc2Cl)Nc2ccc(N3CCOCC3)cc21. The van der Waals surface area contributed by atoms with Gasteiger partial charge in [-0.2, -0.15) is 0 Å². The number of hydrogen-bond donors (Lipinski definition) is 2. The van der Waals surface area contributed by atoms with E-state index >= 15 is 0 Å². The predicted octanol–water partition coefficient (Wildman–Crippen LogP) is 3.09. The molecule has 23 heavy (non-hydrogen) atoms. The maximum atomic E-state index is 12.5. The Labute approximate surface area is 143 Å². The van der Waals surface area contributed by atoms with Crippen molar-refractivity contribution in [2.45, 2.75) is 6.17 Å². The lowest BCUT2D eigenvalue weighted by Crippen LogP contribution is -2.39. The number of thiophene rings is 1. The van der Waals surface area contributed by atoms with Crippen molar-refractivity contribution in [2.24, 2.45) is 0 Å². The summed E-state index contributed by atoms with van der Waals surface area (Å²) in [7, 11) is 0. The molecule has 5 nitrogen and oxygen atoms in total. The second-order valence-corrected chi connectivity index (χ2v) is 6.87. The Kier molecular flexibility index (Phi) is 3.88. The monoisotopic (exact) mass is 349 g/mol. The number of morpholine rings is 1. The van der Waals surface area contributed by atoms with Gasteiger partial charge in [0, 0.05) is 24.5 Å². The Hall–Kier alpha value is -1.76. The predicted molar refractivity (Wildman–Crippen MR) is 92.6 cm³/mol. The molecule has 1 aromatic carbocycles. The molecule has 0 bridgehead atoms. The zero-order valence-corrected chi connectivity index (χ0v) is 13.9. The van der Waals surface area contributed by atoms with Crippen LogP contribution in [0, 0.1) is 0 Å². The molecule has 7 heteroatoms. The quantitative estimate of drug-likeness (QED) is 0.874. The highest BCUT2D eigenvalue weighted by molar-refractivity contribution is 7.10. The van der Waals surface area contributed by atoms with Crippen molar-refractivity contribution in [3.05, 3.63) is 45.1 Å². The van der Waals surface area contributed by atoms with Crippen LogP contribution in [0.4, 0.5) is 11.4 Å². The molecule has 4 rings (SSSR count). The van der Waals surface area contributed by atoms with Crippen LogP contribution < -0.4 is 15.5 Å². The average molecular weight is 350 g/mol. The first-order valence-corrected chi connectivity index (χ1v) is 8.75. The number of rotatable bonds is 2. The summed E-state index contributed by atoms with van der Waals surface area (Å²) < 4.78 is 5.38. The summed E-state index contributed by atoms with van der Waals surface area (Å²) in [6, 6.07) is 7.79. The molecule has 2 aliphatic heterocycles. The van der Waals surface area contributed by atoms with Gasteiger partial charge in [-0.05, 0) is 29.6 Å². The highest BCUT2D eigenvalue weighted by atomic mass is 35.5. The first-order chi connectivity index (χ1) is 11.2. The third-order valence-corrected chi connectivity index (χ3v) is 5.53. The van der Waals surface area contributed by atoms with Crippen LogP contribution in [-0.2, 0) is 4.74 Å². The summed E-state index contributed by atoms with van der Waals surface area (Å²) >= 11 is 7.70. The molecule has 0 radical (unpaired) electrons. The third kappa shape index (κ3) is 2.78. The van der Waals surface area contributed by atoms with E-state index in [1.54, 1.807) is 0 Å². The van der Waals surface area contributed by atoms with E-state index in [0.717, 1.165) is 42.6 Å².